The van der Waals surface area contributed by atoms with E-state index in [0.717, 1.165) is 45.0 Å². The van der Waals surface area contributed by atoms with Gasteiger partial charge in [-0.15, -0.1) is 17.5 Å². The summed E-state index contributed by atoms with van der Waals surface area (Å²) in [6.07, 6.45) is 1.27. The van der Waals surface area contributed by atoms with E-state index in [-0.39, 0.29) is 30.4 Å². The smallest absolute Gasteiger partial charge is 0.132 e. The van der Waals surface area contributed by atoms with Gasteiger partial charge < -0.3 is 9.47 Å². The Morgan fingerprint density at radius 2 is 2.12 bits per heavy atom. The minimum absolute atomic E-state index is 0. The SMILES string of the molecule is Cl.Fc1ccccc1-c1nnn2c1CO[C@H]1CN(C[C@@H]3CCOC3)C[C@@H]12. The van der Waals surface area contributed by atoms with Gasteiger partial charge in [0, 0.05) is 31.8 Å². The summed E-state index contributed by atoms with van der Waals surface area (Å²) in [6.45, 7) is 5.02. The number of ether oxygens (including phenoxy) is 2. The molecule has 2 aromatic rings. The van der Waals surface area contributed by atoms with Gasteiger partial charge in [-0.25, -0.2) is 9.07 Å². The van der Waals surface area contributed by atoms with Gasteiger partial charge in [0.15, 0.2) is 0 Å². The molecule has 0 saturated carbocycles. The van der Waals surface area contributed by atoms with Crippen molar-refractivity contribution in [3.8, 4) is 11.3 Å². The van der Waals surface area contributed by atoms with Crippen molar-refractivity contribution in [2.45, 2.75) is 25.2 Å². The molecular formula is C18H22ClFN4O2. The fourth-order valence-electron chi connectivity index (χ4n) is 4.24. The topological polar surface area (TPSA) is 52.4 Å². The predicted molar refractivity (Wildman–Crippen MR) is 95.6 cm³/mol. The fourth-order valence-corrected chi connectivity index (χ4v) is 4.24. The van der Waals surface area contributed by atoms with Gasteiger partial charge in [-0.05, 0) is 24.5 Å². The summed E-state index contributed by atoms with van der Waals surface area (Å²) in [5.74, 6) is 0.339. The predicted octanol–water partition coefficient (Wildman–Crippen LogP) is 2.30. The van der Waals surface area contributed by atoms with Crippen LogP contribution in [0.3, 0.4) is 0 Å². The number of rotatable bonds is 3. The number of hydrogen-bond acceptors (Lipinski definition) is 5. The van der Waals surface area contributed by atoms with Gasteiger partial charge >= 0.3 is 0 Å². The highest BCUT2D eigenvalue weighted by atomic mass is 35.5. The Hall–Kier alpha value is -1.54. The maximum Gasteiger partial charge on any atom is 0.132 e. The third-order valence-corrected chi connectivity index (χ3v) is 5.52. The van der Waals surface area contributed by atoms with Crippen molar-refractivity contribution in [3.05, 3.63) is 35.8 Å². The third kappa shape index (κ3) is 3.03. The van der Waals surface area contributed by atoms with Gasteiger partial charge in [0.2, 0.25) is 0 Å². The average Bonchev–Trinajstić information content (AvgIpc) is 3.33. The minimum Gasteiger partial charge on any atom is -0.381 e. The highest BCUT2D eigenvalue weighted by molar-refractivity contribution is 5.85. The Labute approximate surface area is 157 Å². The zero-order valence-corrected chi connectivity index (χ0v) is 15.2. The summed E-state index contributed by atoms with van der Waals surface area (Å²) in [7, 11) is 0. The molecule has 8 heteroatoms. The summed E-state index contributed by atoms with van der Waals surface area (Å²) in [4.78, 5) is 2.44. The van der Waals surface area contributed by atoms with Crippen LogP contribution < -0.4 is 0 Å². The fraction of sp³-hybridized carbons (Fsp3) is 0.556. The molecule has 0 aliphatic carbocycles. The molecule has 0 radical (unpaired) electrons. The second-order valence-electron chi connectivity index (χ2n) is 7.17. The van der Waals surface area contributed by atoms with Gasteiger partial charge in [-0.3, -0.25) is 4.90 Å². The summed E-state index contributed by atoms with van der Waals surface area (Å²) in [5.41, 5.74) is 1.96. The second kappa shape index (κ2) is 7.23. The zero-order valence-electron chi connectivity index (χ0n) is 14.4. The molecule has 5 rings (SSSR count). The normalized spacial score (nSPS) is 27.8. The molecule has 1 aromatic carbocycles. The maximum absolute atomic E-state index is 14.1. The van der Waals surface area contributed by atoms with Gasteiger partial charge in [0.1, 0.15) is 11.5 Å². The summed E-state index contributed by atoms with van der Waals surface area (Å²) >= 11 is 0. The van der Waals surface area contributed by atoms with E-state index >= 15 is 0 Å². The van der Waals surface area contributed by atoms with Crippen LogP contribution >= 0.6 is 12.4 Å². The molecule has 2 saturated heterocycles. The Kier molecular flexibility index (Phi) is 4.96. The molecule has 0 amide bonds. The van der Waals surface area contributed by atoms with Gasteiger partial charge in [-0.2, -0.15) is 0 Å². The molecule has 6 nitrogen and oxygen atoms in total. The Morgan fingerprint density at radius 3 is 2.92 bits per heavy atom. The standard InChI is InChI=1S/C18H21FN4O2.ClH/c19-14-4-2-1-3-13(14)18-16-11-25-17-9-22(7-12-5-6-24-10-12)8-15(17)23(16)21-20-18;/h1-4,12,15,17H,5-11H2;1H/t12-,15-,17-;/m0./s1. The van der Waals surface area contributed by atoms with Crippen molar-refractivity contribution in [1.82, 2.24) is 19.9 Å². The first kappa shape index (κ1) is 17.9. The molecule has 1 aromatic heterocycles. The van der Waals surface area contributed by atoms with Crippen LogP contribution in [-0.2, 0) is 16.1 Å². The van der Waals surface area contributed by atoms with E-state index in [1.165, 1.54) is 6.07 Å². The van der Waals surface area contributed by atoms with E-state index in [9.17, 15) is 4.39 Å². The number of nitrogens with zero attached hydrogens (tertiary/aromatic N) is 4. The molecule has 2 fully saturated rings. The molecule has 4 heterocycles. The van der Waals surface area contributed by atoms with E-state index in [0.29, 0.717) is 23.8 Å². The summed E-state index contributed by atoms with van der Waals surface area (Å²) < 4.78 is 27.7. The van der Waals surface area contributed by atoms with Crippen molar-refractivity contribution in [1.29, 1.82) is 0 Å². The summed E-state index contributed by atoms with van der Waals surface area (Å²) in [5, 5.41) is 8.62. The van der Waals surface area contributed by atoms with Crippen LogP contribution in [0.5, 0.6) is 0 Å². The highest BCUT2D eigenvalue weighted by Gasteiger charge is 2.41. The van der Waals surface area contributed by atoms with Crippen LogP contribution in [0.4, 0.5) is 4.39 Å². The zero-order chi connectivity index (χ0) is 16.8. The first-order chi connectivity index (χ1) is 12.3. The van der Waals surface area contributed by atoms with Crippen LogP contribution in [0, 0.1) is 11.7 Å². The van der Waals surface area contributed by atoms with E-state index in [2.05, 4.69) is 15.2 Å². The molecular weight excluding hydrogens is 359 g/mol. The average molecular weight is 381 g/mol. The molecule has 3 aliphatic rings. The Balaban J connectivity index is 0.00000168. The van der Waals surface area contributed by atoms with E-state index in [4.69, 9.17) is 9.47 Å². The van der Waals surface area contributed by atoms with Crippen molar-refractivity contribution >= 4 is 12.4 Å². The number of fused-ring (bicyclic) bond motifs is 3. The molecule has 3 aliphatic heterocycles. The van der Waals surface area contributed by atoms with Crippen LogP contribution in [0.25, 0.3) is 11.3 Å². The number of halogens is 2. The van der Waals surface area contributed by atoms with Crippen molar-refractivity contribution in [2.75, 3.05) is 32.8 Å². The third-order valence-electron chi connectivity index (χ3n) is 5.52. The lowest BCUT2D eigenvalue weighted by Crippen LogP contribution is -2.32. The molecule has 0 spiro atoms. The number of likely N-dealkylation sites (tertiary alicyclic amines) is 1. The van der Waals surface area contributed by atoms with Crippen LogP contribution in [0.15, 0.2) is 24.3 Å². The largest absolute Gasteiger partial charge is 0.381 e. The second-order valence-corrected chi connectivity index (χ2v) is 7.17. The quantitative estimate of drug-likeness (QED) is 0.817. The van der Waals surface area contributed by atoms with E-state index in [1.807, 2.05) is 10.7 Å². The van der Waals surface area contributed by atoms with Crippen molar-refractivity contribution in [2.24, 2.45) is 5.92 Å². The molecule has 26 heavy (non-hydrogen) atoms. The maximum atomic E-state index is 14.1. The monoisotopic (exact) mass is 380 g/mol. The molecule has 140 valence electrons. The van der Waals surface area contributed by atoms with Gasteiger partial charge in [0.05, 0.1) is 31.1 Å². The molecule has 3 atom stereocenters. The molecule has 0 bridgehead atoms. The van der Waals surface area contributed by atoms with Crippen molar-refractivity contribution < 1.29 is 13.9 Å². The number of benzene rings is 1. The molecule has 0 N–H and O–H groups in total. The number of hydrogen-bond donors (Lipinski definition) is 0. The van der Waals surface area contributed by atoms with Crippen LogP contribution in [0.2, 0.25) is 0 Å². The highest BCUT2D eigenvalue weighted by Crippen LogP contribution is 2.35. The van der Waals surface area contributed by atoms with E-state index in [1.54, 1.807) is 12.1 Å². The lowest BCUT2D eigenvalue weighted by molar-refractivity contribution is -0.00508. The molecule has 0 unspecified atom stereocenters. The Morgan fingerprint density at radius 1 is 1.23 bits per heavy atom. The van der Waals surface area contributed by atoms with E-state index < -0.39 is 0 Å². The first-order valence-electron chi connectivity index (χ1n) is 8.90. The van der Waals surface area contributed by atoms with Gasteiger partial charge in [-0.1, -0.05) is 17.3 Å². The van der Waals surface area contributed by atoms with Crippen molar-refractivity contribution in [3.63, 3.8) is 0 Å². The lowest BCUT2D eigenvalue weighted by atomic mass is 10.1. The first-order valence-corrected chi connectivity index (χ1v) is 8.90. The van der Waals surface area contributed by atoms with Crippen LogP contribution in [0.1, 0.15) is 18.2 Å². The number of aromatic nitrogens is 3. The lowest BCUT2D eigenvalue weighted by Gasteiger charge is -2.26. The van der Waals surface area contributed by atoms with Gasteiger partial charge in [0.25, 0.3) is 0 Å². The summed E-state index contributed by atoms with van der Waals surface area (Å²) in [6, 6.07) is 6.85. The Bertz CT molecular complexity index is 780. The van der Waals surface area contributed by atoms with Crippen LogP contribution in [-0.4, -0.2) is 58.8 Å². The minimum atomic E-state index is -0.276.